The maximum absolute atomic E-state index is 11.0. The third kappa shape index (κ3) is 1.64. The summed E-state index contributed by atoms with van der Waals surface area (Å²) in [5.41, 5.74) is 3.17. The van der Waals surface area contributed by atoms with Gasteiger partial charge in [-0.2, -0.15) is 0 Å². The summed E-state index contributed by atoms with van der Waals surface area (Å²) in [6, 6.07) is 2.40. The van der Waals surface area contributed by atoms with Crippen molar-refractivity contribution in [3.63, 3.8) is 0 Å². The van der Waals surface area contributed by atoms with Crippen molar-refractivity contribution in [3.05, 3.63) is 23.0 Å². The molecule has 0 bridgehead atoms. The quantitative estimate of drug-likeness (QED) is 0.754. The van der Waals surface area contributed by atoms with Crippen LogP contribution in [0.5, 0.6) is 0 Å². The molecule has 1 fully saturated rings. The van der Waals surface area contributed by atoms with E-state index in [1.165, 1.54) is 0 Å². The highest BCUT2D eigenvalue weighted by atomic mass is 16.5. The third-order valence-electron chi connectivity index (χ3n) is 4.37. The van der Waals surface area contributed by atoms with Gasteiger partial charge in [0.05, 0.1) is 6.10 Å². The standard InChI is InChI=1S/C14H21NO2/c1-9-6-11(8-16)10(2)15(9)12-7-13(17-5)14(12,3)4/h6,8,12-13H,7H2,1-5H3. The summed E-state index contributed by atoms with van der Waals surface area (Å²) in [5.74, 6) is 0. The molecule has 1 saturated carbocycles. The summed E-state index contributed by atoms with van der Waals surface area (Å²) < 4.78 is 7.77. The Kier molecular flexibility index (Phi) is 2.90. The van der Waals surface area contributed by atoms with Crippen LogP contribution < -0.4 is 0 Å². The van der Waals surface area contributed by atoms with Crippen LogP contribution in [0, 0.1) is 19.3 Å². The lowest BCUT2D eigenvalue weighted by atomic mass is 9.64. The number of rotatable bonds is 3. The molecule has 0 aromatic carbocycles. The van der Waals surface area contributed by atoms with E-state index in [0.717, 1.165) is 29.7 Å². The number of nitrogens with zero attached hydrogens (tertiary/aromatic N) is 1. The van der Waals surface area contributed by atoms with E-state index in [4.69, 9.17) is 4.74 Å². The third-order valence-corrected chi connectivity index (χ3v) is 4.37. The normalized spacial score (nSPS) is 26.6. The van der Waals surface area contributed by atoms with Gasteiger partial charge in [0.25, 0.3) is 0 Å². The van der Waals surface area contributed by atoms with E-state index in [9.17, 15) is 4.79 Å². The number of carbonyl (C=O) groups excluding carboxylic acids is 1. The molecule has 1 aromatic rings. The molecule has 0 spiro atoms. The van der Waals surface area contributed by atoms with Crippen LogP contribution in [0.2, 0.25) is 0 Å². The van der Waals surface area contributed by atoms with Gasteiger partial charge in [-0.05, 0) is 26.3 Å². The number of hydrogen-bond donors (Lipinski definition) is 0. The van der Waals surface area contributed by atoms with Gasteiger partial charge in [-0.3, -0.25) is 4.79 Å². The number of aldehydes is 1. The van der Waals surface area contributed by atoms with Crippen LogP contribution in [0.3, 0.4) is 0 Å². The van der Waals surface area contributed by atoms with Gasteiger partial charge in [-0.15, -0.1) is 0 Å². The first-order valence-electron chi connectivity index (χ1n) is 6.09. The van der Waals surface area contributed by atoms with E-state index in [1.54, 1.807) is 7.11 Å². The van der Waals surface area contributed by atoms with Gasteiger partial charge in [0.15, 0.2) is 6.29 Å². The highest BCUT2D eigenvalue weighted by Crippen LogP contribution is 2.52. The Hall–Kier alpha value is -1.09. The number of methoxy groups -OCH3 is 1. The van der Waals surface area contributed by atoms with Crippen LogP contribution in [-0.2, 0) is 4.74 Å². The molecule has 2 atom stereocenters. The molecule has 0 N–H and O–H groups in total. The van der Waals surface area contributed by atoms with Crippen molar-refractivity contribution in [1.29, 1.82) is 0 Å². The Bertz CT molecular complexity index is 445. The molecule has 17 heavy (non-hydrogen) atoms. The molecule has 1 heterocycles. The van der Waals surface area contributed by atoms with Crippen molar-refractivity contribution < 1.29 is 9.53 Å². The van der Waals surface area contributed by atoms with Crippen LogP contribution in [-0.4, -0.2) is 24.1 Å². The number of hydrogen-bond acceptors (Lipinski definition) is 2. The van der Waals surface area contributed by atoms with Crippen LogP contribution in [0.25, 0.3) is 0 Å². The van der Waals surface area contributed by atoms with E-state index < -0.39 is 0 Å². The van der Waals surface area contributed by atoms with Crippen molar-refractivity contribution in [2.24, 2.45) is 5.41 Å². The van der Waals surface area contributed by atoms with Gasteiger partial charge in [-0.25, -0.2) is 0 Å². The van der Waals surface area contributed by atoms with Crippen molar-refractivity contribution in [2.75, 3.05) is 7.11 Å². The smallest absolute Gasteiger partial charge is 0.151 e. The zero-order valence-corrected chi connectivity index (χ0v) is 11.3. The van der Waals surface area contributed by atoms with Crippen LogP contribution >= 0.6 is 0 Å². The summed E-state index contributed by atoms with van der Waals surface area (Å²) in [6.45, 7) is 8.55. The van der Waals surface area contributed by atoms with Crippen molar-refractivity contribution in [2.45, 2.75) is 46.3 Å². The highest BCUT2D eigenvalue weighted by molar-refractivity contribution is 5.77. The largest absolute Gasteiger partial charge is 0.381 e. The predicted octanol–water partition coefficient (Wildman–Crippen LogP) is 2.90. The molecule has 3 heteroatoms. The van der Waals surface area contributed by atoms with E-state index in [0.29, 0.717) is 12.1 Å². The first-order chi connectivity index (χ1) is 7.93. The predicted molar refractivity (Wildman–Crippen MR) is 67.5 cm³/mol. The molecule has 0 saturated heterocycles. The van der Waals surface area contributed by atoms with Gasteiger partial charge in [0.1, 0.15) is 0 Å². The SMILES string of the molecule is COC1CC(n2c(C)cc(C=O)c2C)C1(C)C. The van der Waals surface area contributed by atoms with E-state index in [-0.39, 0.29) is 5.41 Å². The Morgan fingerprint density at radius 2 is 2.12 bits per heavy atom. The van der Waals surface area contributed by atoms with E-state index >= 15 is 0 Å². The minimum Gasteiger partial charge on any atom is -0.381 e. The second-order valence-corrected chi connectivity index (χ2v) is 5.61. The monoisotopic (exact) mass is 235 g/mol. The van der Waals surface area contributed by atoms with E-state index in [2.05, 4.69) is 25.3 Å². The zero-order chi connectivity index (χ0) is 12.8. The zero-order valence-electron chi connectivity index (χ0n) is 11.3. The lowest BCUT2D eigenvalue weighted by Gasteiger charge is -2.52. The van der Waals surface area contributed by atoms with Crippen molar-refractivity contribution in [3.8, 4) is 0 Å². The Morgan fingerprint density at radius 1 is 1.47 bits per heavy atom. The lowest BCUT2D eigenvalue weighted by Crippen LogP contribution is -2.51. The molecule has 0 radical (unpaired) electrons. The second kappa shape index (κ2) is 3.98. The highest BCUT2D eigenvalue weighted by Gasteiger charge is 2.50. The average Bonchev–Trinajstić information content (AvgIpc) is 2.55. The van der Waals surface area contributed by atoms with Gasteiger partial charge in [0, 0.05) is 35.5 Å². The van der Waals surface area contributed by atoms with Crippen LogP contribution in [0.15, 0.2) is 6.07 Å². The molecule has 2 unspecified atom stereocenters. The van der Waals surface area contributed by atoms with Crippen molar-refractivity contribution in [1.82, 2.24) is 4.57 Å². The Morgan fingerprint density at radius 3 is 2.53 bits per heavy atom. The minimum atomic E-state index is 0.128. The number of aromatic nitrogens is 1. The van der Waals surface area contributed by atoms with E-state index in [1.807, 2.05) is 13.0 Å². The average molecular weight is 235 g/mol. The summed E-state index contributed by atoms with van der Waals surface area (Å²) in [4.78, 5) is 11.0. The molecule has 94 valence electrons. The minimum absolute atomic E-state index is 0.128. The summed E-state index contributed by atoms with van der Waals surface area (Å²) in [6.07, 6.45) is 2.28. The summed E-state index contributed by atoms with van der Waals surface area (Å²) in [7, 11) is 1.77. The van der Waals surface area contributed by atoms with Crippen LogP contribution in [0.4, 0.5) is 0 Å². The molecular formula is C14H21NO2. The molecule has 1 aromatic heterocycles. The molecule has 3 nitrogen and oxygen atoms in total. The summed E-state index contributed by atoms with van der Waals surface area (Å²) in [5, 5.41) is 0. The number of aryl methyl sites for hydroxylation is 1. The van der Waals surface area contributed by atoms with Gasteiger partial charge in [-0.1, -0.05) is 13.8 Å². The fourth-order valence-corrected chi connectivity index (χ4v) is 3.10. The van der Waals surface area contributed by atoms with Gasteiger partial charge in [0.2, 0.25) is 0 Å². The number of ether oxygens (including phenoxy) is 1. The van der Waals surface area contributed by atoms with Crippen LogP contribution in [0.1, 0.15) is 48.1 Å². The Balaban J connectivity index is 2.37. The van der Waals surface area contributed by atoms with Gasteiger partial charge >= 0.3 is 0 Å². The fourth-order valence-electron chi connectivity index (χ4n) is 3.10. The molecule has 0 aliphatic heterocycles. The lowest BCUT2D eigenvalue weighted by molar-refractivity contribution is -0.113. The molecule has 0 amide bonds. The first-order valence-corrected chi connectivity index (χ1v) is 6.09. The summed E-state index contributed by atoms with van der Waals surface area (Å²) >= 11 is 0. The molecule has 1 aliphatic rings. The number of carbonyl (C=O) groups is 1. The topological polar surface area (TPSA) is 31.2 Å². The molecule has 1 aliphatic carbocycles. The Labute approximate surface area is 103 Å². The first kappa shape index (κ1) is 12.4. The molecular weight excluding hydrogens is 214 g/mol. The van der Waals surface area contributed by atoms with Crippen molar-refractivity contribution >= 4 is 6.29 Å². The maximum atomic E-state index is 11.0. The van der Waals surface area contributed by atoms with Gasteiger partial charge < -0.3 is 9.30 Å². The molecule has 2 rings (SSSR count). The maximum Gasteiger partial charge on any atom is 0.151 e. The fraction of sp³-hybridized carbons (Fsp3) is 0.643. The second-order valence-electron chi connectivity index (χ2n) is 5.61.